The second-order valence-electron chi connectivity index (χ2n) is 6.50. The zero-order valence-electron chi connectivity index (χ0n) is 13.9. The Morgan fingerprint density at radius 3 is 2.19 bits per heavy atom. The Balaban J connectivity index is 1.72. The molecule has 7 heteroatoms. The number of carbonyl (C=O) groups excluding carboxylic acids is 1. The van der Waals surface area contributed by atoms with E-state index in [1.165, 1.54) is 6.07 Å². The third-order valence-corrected chi connectivity index (χ3v) is 5.07. The van der Waals surface area contributed by atoms with Gasteiger partial charge in [0.05, 0.1) is 5.56 Å². The number of phenolic OH excluding ortho intramolecular Hbond substituents is 1. The molecule has 6 rings (SSSR count). The van der Waals surface area contributed by atoms with Crippen LogP contribution in [0.2, 0.25) is 0 Å². The van der Waals surface area contributed by atoms with Crippen LogP contribution < -0.4 is 18.9 Å². The van der Waals surface area contributed by atoms with Crippen LogP contribution >= 0.6 is 0 Å². The van der Waals surface area contributed by atoms with Gasteiger partial charge in [-0.25, -0.2) is 4.79 Å². The molecule has 3 heterocycles. The van der Waals surface area contributed by atoms with Crippen molar-refractivity contribution in [1.82, 2.24) is 0 Å². The van der Waals surface area contributed by atoms with Gasteiger partial charge in [0, 0.05) is 22.8 Å². The summed E-state index contributed by atoms with van der Waals surface area (Å²) >= 11 is 0. The van der Waals surface area contributed by atoms with Gasteiger partial charge in [0.25, 0.3) is 0 Å². The molecule has 0 aliphatic carbocycles. The Hall–Kier alpha value is -3.61. The summed E-state index contributed by atoms with van der Waals surface area (Å²) in [6.45, 7) is 0.395. The fourth-order valence-electron chi connectivity index (χ4n) is 3.82. The van der Waals surface area contributed by atoms with E-state index in [0.29, 0.717) is 39.7 Å². The second kappa shape index (κ2) is 4.97. The van der Waals surface area contributed by atoms with Gasteiger partial charge in [-0.15, -0.1) is 0 Å². The summed E-state index contributed by atoms with van der Waals surface area (Å²) in [7, 11) is 0. The van der Waals surface area contributed by atoms with Crippen molar-refractivity contribution >= 4 is 16.7 Å². The molecule has 0 radical (unpaired) electrons. The molecule has 3 aliphatic heterocycles. The molecule has 0 bridgehead atoms. The third kappa shape index (κ3) is 1.93. The first kappa shape index (κ1) is 14.5. The smallest absolute Gasteiger partial charge is 0.338 e. The molecule has 7 nitrogen and oxygen atoms in total. The van der Waals surface area contributed by atoms with E-state index in [1.807, 2.05) is 12.1 Å². The lowest BCUT2D eigenvalue weighted by atomic mass is 9.90. The molecule has 27 heavy (non-hydrogen) atoms. The van der Waals surface area contributed by atoms with Crippen LogP contribution in [-0.2, 0) is 11.3 Å². The summed E-state index contributed by atoms with van der Waals surface area (Å²) in [5.41, 5.74) is 2.45. The highest BCUT2D eigenvalue weighted by molar-refractivity contribution is 6.08. The average molecular weight is 364 g/mol. The number of phenols is 1. The molecule has 0 saturated heterocycles. The van der Waals surface area contributed by atoms with Gasteiger partial charge in [-0.3, -0.25) is 0 Å². The summed E-state index contributed by atoms with van der Waals surface area (Å²) in [6, 6.07) is 8.72. The molecular formula is C20H12O7. The number of fused-ring (bicyclic) bond motifs is 4. The number of hydrogen-bond acceptors (Lipinski definition) is 7. The molecular weight excluding hydrogens is 352 g/mol. The Bertz CT molecular complexity index is 1170. The summed E-state index contributed by atoms with van der Waals surface area (Å²) in [5.74, 6) is 1.92. The van der Waals surface area contributed by atoms with Crippen molar-refractivity contribution in [2.45, 2.75) is 6.61 Å². The number of hydrogen-bond donors (Lipinski definition) is 1. The molecule has 3 aromatic carbocycles. The highest BCUT2D eigenvalue weighted by Crippen LogP contribution is 2.48. The summed E-state index contributed by atoms with van der Waals surface area (Å²) in [4.78, 5) is 12.2. The Kier molecular flexibility index (Phi) is 2.68. The van der Waals surface area contributed by atoms with Crippen molar-refractivity contribution in [2.75, 3.05) is 13.6 Å². The standard InChI is InChI=1S/C20H12O7/c21-14-5-18-17(26-8-27-18)4-12(14)19-10-3-16-15(24-7-25-16)2-9(10)1-11-13(19)6-23-20(11)22/h1-5,21H,6-8H2. The number of benzene rings is 3. The van der Waals surface area contributed by atoms with E-state index >= 15 is 0 Å². The van der Waals surface area contributed by atoms with Gasteiger partial charge in [0.1, 0.15) is 12.4 Å². The lowest BCUT2D eigenvalue weighted by molar-refractivity contribution is 0.0535. The maximum absolute atomic E-state index is 12.2. The number of cyclic esters (lactones) is 1. The van der Waals surface area contributed by atoms with Crippen molar-refractivity contribution in [3.8, 4) is 39.9 Å². The number of rotatable bonds is 1. The number of ether oxygens (including phenoxy) is 5. The van der Waals surface area contributed by atoms with Crippen LogP contribution in [0.4, 0.5) is 0 Å². The van der Waals surface area contributed by atoms with E-state index in [-0.39, 0.29) is 31.9 Å². The van der Waals surface area contributed by atoms with Gasteiger partial charge in [-0.2, -0.15) is 0 Å². The van der Waals surface area contributed by atoms with E-state index in [2.05, 4.69) is 0 Å². The zero-order chi connectivity index (χ0) is 18.1. The van der Waals surface area contributed by atoms with Crippen LogP contribution in [0.15, 0.2) is 30.3 Å². The lowest BCUT2D eigenvalue weighted by Crippen LogP contribution is -1.96. The van der Waals surface area contributed by atoms with Crippen LogP contribution in [0.25, 0.3) is 21.9 Å². The van der Waals surface area contributed by atoms with Crippen molar-refractivity contribution in [1.29, 1.82) is 0 Å². The van der Waals surface area contributed by atoms with E-state index < -0.39 is 0 Å². The first-order chi connectivity index (χ1) is 13.2. The summed E-state index contributed by atoms with van der Waals surface area (Å²) in [5, 5.41) is 12.3. The van der Waals surface area contributed by atoms with Gasteiger partial charge in [0.15, 0.2) is 23.0 Å². The van der Waals surface area contributed by atoms with Crippen molar-refractivity contribution in [3.63, 3.8) is 0 Å². The summed E-state index contributed by atoms with van der Waals surface area (Å²) in [6.07, 6.45) is 0. The maximum atomic E-state index is 12.2. The number of esters is 1. The molecule has 0 saturated carbocycles. The maximum Gasteiger partial charge on any atom is 0.338 e. The Morgan fingerprint density at radius 2 is 1.41 bits per heavy atom. The first-order valence-electron chi connectivity index (χ1n) is 8.38. The van der Waals surface area contributed by atoms with Gasteiger partial charge < -0.3 is 28.8 Å². The van der Waals surface area contributed by atoms with Gasteiger partial charge in [-0.05, 0) is 35.0 Å². The Labute approximate surface area is 152 Å². The molecule has 134 valence electrons. The van der Waals surface area contributed by atoms with Crippen molar-refractivity contribution in [3.05, 3.63) is 41.5 Å². The van der Waals surface area contributed by atoms with Crippen LogP contribution in [0.1, 0.15) is 15.9 Å². The van der Waals surface area contributed by atoms with Crippen LogP contribution in [-0.4, -0.2) is 24.7 Å². The highest BCUT2D eigenvalue weighted by Gasteiger charge is 2.30. The monoisotopic (exact) mass is 364 g/mol. The minimum Gasteiger partial charge on any atom is -0.507 e. The van der Waals surface area contributed by atoms with Crippen molar-refractivity contribution < 1.29 is 33.6 Å². The van der Waals surface area contributed by atoms with Crippen LogP contribution in [0.3, 0.4) is 0 Å². The molecule has 0 aromatic heterocycles. The van der Waals surface area contributed by atoms with Crippen molar-refractivity contribution in [2.24, 2.45) is 0 Å². The largest absolute Gasteiger partial charge is 0.507 e. The van der Waals surface area contributed by atoms with Gasteiger partial charge >= 0.3 is 5.97 Å². The SMILES string of the molecule is O=C1OCc2c1cc1cc3c(cc1c2-c1cc2c(cc1O)OCO2)OCO3. The molecule has 0 unspecified atom stereocenters. The normalized spacial score (nSPS) is 15.9. The predicted octanol–water partition coefficient (Wildman–Crippen LogP) is 3.34. The molecule has 3 aromatic rings. The molecule has 0 amide bonds. The number of aromatic hydroxyl groups is 1. The minimum absolute atomic E-state index is 0.0333. The molecule has 0 fully saturated rings. The van der Waals surface area contributed by atoms with Crippen LogP contribution in [0.5, 0.6) is 28.7 Å². The minimum atomic E-state index is -0.383. The molecule has 0 atom stereocenters. The average Bonchev–Trinajstić information content (AvgIpc) is 3.38. The Morgan fingerprint density at radius 1 is 0.741 bits per heavy atom. The first-order valence-corrected chi connectivity index (χ1v) is 8.38. The number of carbonyl (C=O) groups is 1. The predicted molar refractivity (Wildman–Crippen MR) is 92.4 cm³/mol. The third-order valence-electron chi connectivity index (χ3n) is 5.07. The van der Waals surface area contributed by atoms with E-state index in [1.54, 1.807) is 12.1 Å². The molecule has 1 N–H and O–H groups in total. The van der Waals surface area contributed by atoms with E-state index in [4.69, 9.17) is 23.7 Å². The fourth-order valence-corrected chi connectivity index (χ4v) is 3.82. The van der Waals surface area contributed by atoms with Crippen LogP contribution in [0, 0.1) is 0 Å². The second-order valence-corrected chi connectivity index (χ2v) is 6.50. The van der Waals surface area contributed by atoms with Gasteiger partial charge in [0.2, 0.25) is 13.6 Å². The molecule has 0 spiro atoms. The van der Waals surface area contributed by atoms with Gasteiger partial charge in [-0.1, -0.05) is 0 Å². The topological polar surface area (TPSA) is 83.5 Å². The van der Waals surface area contributed by atoms with E-state index in [0.717, 1.165) is 16.3 Å². The zero-order valence-corrected chi connectivity index (χ0v) is 13.9. The highest BCUT2D eigenvalue weighted by atomic mass is 16.7. The van der Waals surface area contributed by atoms with E-state index in [9.17, 15) is 9.90 Å². The lowest BCUT2D eigenvalue weighted by Gasteiger charge is -2.14. The fraction of sp³-hybridized carbons (Fsp3) is 0.150. The molecule has 3 aliphatic rings. The summed E-state index contributed by atoms with van der Waals surface area (Å²) < 4.78 is 27.0. The quantitative estimate of drug-likeness (QED) is 0.663.